The second kappa shape index (κ2) is 5.93. The van der Waals surface area contributed by atoms with Gasteiger partial charge in [0, 0.05) is 31.0 Å². The molecule has 0 spiro atoms. The van der Waals surface area contributed by atoms with E-state index in [2.05, 4.69) is 9.97 Å². The Morgan fingerprint density at radius 3 is 2.41 bits per heavy atom. The van der Waals surface area contributed by atoms with Crippen LogP contribution in [0.1, 0.15) is 16.8 Å². The van der Waals surface area contributed by atoms with Crippen molar-refractivity contribution in [2.24, 2.45) is 5.92 Å². The molecule has 3 rings (SSSR count). The zero-order valence-electron chi connectivity index (χ0n) is 11.8. The lowest BCUT2D eigenvalue weighted by molar-refractivity contribution is -0.141. The van der Waals surface area contributed by atoms with E-state index in [1.54, 1.807) is 4.90 Å². The Balaban J connectivity index is 1.73. The van der Waals surface area contributed by atoms with E-state index < -0.39 is 11.9 Å². The standard InChI is InChI=1S/C16H15N3O3/c20-15(19-7-6-12(10-19)16(21)22)13-8-17-14(18-9-13)11-4-2-1-3-5-11/h1-5,8-9,12H,6-7,10H2,(H,21,22)/t12-/m1/s1. The molecule has 1 N–H and O–H groups in total. The highest BCUT2D eigenvalue weighted by molar-refractivity contribution is 5.94. The second-order valence-corrected chi connectivity index (χ2v) is 5.24. The first-order valence-electron chi connectivity index (χ1n) is 7.04. The number of hydrogen-bond donors (Lipinski definition) is 1. The highest BCUT2D eigenvalue weighted by atomic mass is 16.4. The van der Waals surface area contributed by atoms with Crippen LogP contribution in [0.4, 0.5) is 0 Å². The largest absolute Gasteiger partial charge is 0.481 e. The lowest BCUT2D eigenvalue weighted by Gasteiger charge is -2.15. The van der Waals surface area contributed by atoms with Crippen LogP contribution in [-0.4, -0.2) is 44.9 Å². The average molecular weight is 297 g/mol. The van der Waals surface area contributed by atoms with Gasteiger partial charge in [0.2, 0.25) is 0 Å². The minimum atomic E-state index is -0.856. The van der Waals surface area contributed by atoms with Gasteiger partial charge in [0.05, 0.1) is 11.5 Å². The summed E-state index contributed by atoms with van der Waals surface area (Å²) in [7, 11) is 0. The molecule has 1 aliphatic rings. The van der Waals surface area contributed by atoms with Crippen molar-refractivity contribution in [2.45, 2.75) is 6.42 Å². The minimum absolute atomic E-state index is 0.219. The topological polar surface area (TPSA) is 83.4 Å². The molecule has 22 heavy (non-hydrogen) atoms. The van der Waals surface area contributed by atoms with E-state index in [1.165, 1.54) is 12.4 Å². The summed E-state index contributed by atoms with van der Waals surface area (Å²) in [5.41, 5.74) is 1.26. The smallest absolute Gasteiger partial charge is 0.308 e. The van der Waals surface area contributed by atoms with Gasteiger partial charge in [-0.05, 0) is 6.42 Å². The molecule has 0 saturated carbocycles. The maximum absolute atomic E-state index is 12.3. The molecular formula is C16H15N3O3. The molecule has 112 valence electrons. The number of rotatable bonds is 3. The van der Waals surface area contributed by atoms with Crippen molar-refractivity contribution in [3.8, 4) is 11.4 Å². The first kappa shape index (κ1) is 14.2. The molecule has 1 amide bonds. The van der Waals surface area contributed by atoms with Gasteiger partial charge in [-0.25, -0.2) is 9.97 Å². The number of aliphatic carboxylic acids is 1. The van der Waals surface area contributed by atoms with Crippen LogP contribution in [0.2, 0.25) is 0 Å². The number of carbonyl (C=O) groups is 2. The van der Waals surface area contributed by atoms with E-state index in [1.807, 2.05) is 30.3 Å². The number of carboxylic acid groups (broad SMARTS) is 1. The predicted octanol–water partition coefficient (Wildman–Crippen LogP) is 1.69. The second-order valence-electron chi connectivity index (χ2n) is 5.24. The molecule has 0 bridgehead atoms. The summed E-state index contributed by atoms with van der Waals surface area (Å²) in [5, 5.41) is 8.98. The average Bonchev–Trinajstić information content (AvgIpc) is 3.05. The fourth-order valence-electron chi connectivity index (χ4n) is 2.50. The van der Waals surface area contributed by atoms with Crippen molar-refractivity contribution in [2.75, 3.05) is 13.1 Å². The summed E-state index contributed by atoms with van der Waals surface area (Å²) < 4.78 is 0. The number of carboxylic acids is 1. The summed E-state index contributed by atoms with van der Waals surface area (Å²) >= 11 is 0. The van der Waals surface area contributed by atoms with Crippen LogP contribution >= 0.6 is 0 Å². The number of likely N-dealkylation sites (tertiary alicyclic amines) is 1. The fraction of sp³-hybridized carbons (Fsp3) is 0.250. The van der Waals surface area contributed by atoms with Gasteiger partial charge in [0.1, 0.15) is 0 Å². The van der Waals surface area contributed by atoms with Crippen LogP contribution in [0.5, 0.6) is 0 Å². The Labute approximate surface area is 127 Å². The molecule has 2 aromatic rings. The van der Waals surface area contributed by atoms with Crippen LogP contribution in [0.15, 0.2) is 42.7 Å². The highest BCUT2D eigenvalue weighted by Gasteiger charge is 2.31. The van der Waals surface area contributed by atoms with Gasteiger partial charge in [-0.2, -0.15) is 0 Å². The molecule has 6 nitrogen and oxygen atoms in total. The van der Waals surface area contributed by atoms with E-state index in [0.29, 0.717) is 24.4 Å². The van der Waals surface area contributed by atoms with Crippen molar-refractivity contribution in [3.63, 3.8) is 0 Å². The lowest BCUT2D eigenvalue weighted by atomic mass is 10.1. The SMILES string of the molecule is O=C(O)[C@@H]1CCN(C(=O)c2cnc(-c3ccccc3)nc2)C1. The summed E-state index contributed by atoms with van der Waals surface area (Å²) in [4.78, 5) is 33.2. The van der Waals surface area contributed by atoms with Crippen LogP contribution in [0.3, 0.4) is 0 Å². The first-order valence-corrected chi connectivity index (χ1v) is 7.04. The summed E-state index contributed by atoms with van der Waals surface area (Å²) in [6.07, 6.45) is 3.47. The first-order chi connectivity index (χ1) is 10.6. The number of hydrogen-bond acceptors (Lipinski definition) is 4. The molecular weight excluding hydrogens is 282 g/mol. The molecule has 1 fully saturated rings. The maximum Gasteiger partial charge on any atom is 0.308 e. The molecule has 1 aromatic heterocycles. The normalized spacial score (nSPS) is 17.5. The Bertz CT molecular complexity index is 686. The predicted molar refractivity (Wildman–Crippen MR) is 79.1 cm³/mol. The van der Waals surface area contributed by atoms with Gasteiger partial charge >= 0.3 is 5.97 Å². The molecule has 1 saturated heterocycles. The van der Waals surface area contributed by atoms with Crippen LogP contribution in [-0.2, 0) is 4.79 Å². The van der Waals surface area contributed by atoms with Gasteiger partial charge in [-0.3, -0.25) is 9.59 Å². The molecule has 1 aromatic carbocycles. The monoisotopic (exact) mass is 297 g/mol. The summed E-state index contributed by atoms with van der Waals surface area (Å²) in [5.74, 6) is -0.996. The number of benzene rings is 1. The minimum Gasteiger partial charge on any atom is -0.481 e. The Hall–Kier alpha value is -2.76. The van der Waals surface area contributed by atoms with Crippen LogP contribution < -0.4 is 0 Å². The molecule has 1 atom stereocenters. The third-order valence-electron chi connectivity index (χ3n) is 3.76. The molecule has 2 heterocycles. The Kier molecular flexibility index (Phi) is 3.82. The van der Waals surface area contributed by atoms with Crippen LogP contribution in [0.25, 0.3) is 11.4 Å². The van der Waals surface area contributed by atoms with Gasteiger partial charge < -0.3 is 10.0 Å². The number of amides is 1. The van der Waals surface area contributed by atoms with Crippen molar-refractivity contribution in [1.29, 1.82) is 0 Å². The molecule has 6 heteroatoms. The molecule has 1 aliphatic heterocycles. The lowest BCUT2D eigenvalue weighted by Crippen LogP contribution is -2.30. The third kappa shape index (κ3) is 2.81. The summed E-state index contributed by atoms with van der Waals surface area (Å²) in [6.45, 7) is 0.699. The number of carbonyl (C=O) groups excluding carboxylic acids is 1. The Morgan fingerprint density at radius 1 is 1.14 bits per heavy atom. The fourth-order valence-corrected chi connectivity index (χ4v) is 2.50. The van der Waals surface area contributed by atoms with E-state index in [9.17, 15) is 9.59 Å². The number of nitrogens with zero attached hydrogens (tertiary/aromatic N) is 3. The van der Waals surface area contributed by atoms with Gasteiger partial charge in [-0.1, -0.05) is 30.3 Å². The molecule has 0 unspecified atom stereocenters. The van der Waals surface area contributed by atoms with Crippen molar-refractivity contribution >= 4 is 11.9 Å². The van der Waals surface area contributed by atoms with Crippen molar-refractivity contribution in [3.05, 3.63) is 48.3 Å². The van der Waals surface area contributed by atoms with Gasteiger partial charge in [-0.15, -0.1) is 0 Å². The van der Waals surface area contributed by atoms with E-state index in [0.717, 1.165) is 5.56 Å². The maximum atomic E-state index is 12.3. The quantitative estimate of drug-likeness (QED) is 0.932. The number of aromatic nitrogens is 2. The van der Waals surface area contributed by atoms with Crippen molar-refractivity contribution in [1.82, 2.24) is 14.9 Å². The summed E-state index contributed by atoms with van der Waals surface area (Å²) in [6, 6.07) is 9.50. The van der Waals surface area contributed by atoms with Gasteiger partial charge in [0.15, 0.2) is 5.82 Å². The van der Waals surface area contributed by atoms with Gasteiger partial charge in [0.25, 0.3) is 5.91 Å². The molecule has 0 aliphatic carbocycles. The van der Waals surface area contributed by atoms with E-state index in [-0.39, 0.29) is 12.5 Å². The third-order valence-corrected chi connectivity index (χ3v) is 3.76. The zero-order valence-corrected chi connectivity index (χ0v) is 11.8. The Morgan fingerprint density at radius 2 is 1.82 bits per heavy atom. The molecule has 0 radical (unpaired) electrons. The zero-order chi connectivity index (χ0) is 15.5. The van der Waals surface area contributed by atoms with E-state index in [4.69, 9.17) is 5.11 Å². The van der Waals surface area contributed by atoms with E-state index >= 15 is 0 Å². The van der Waals surface area contributed by atoms with Crippen molar-refractivity contribution < 1.29 is 14.7 Å². The highest BCUT2D eigenvalue weighted by Crippen LogP contribution is 2.19. The van der Waals surface area contributed by atoms with Crippen LogP contribution in [0, 0.1) is 5.92 Å².